The van der Waals surface area contributed by atoms with Crippen molar-refractivity contribution in [3.05, 3.63) is 12.2 Å². The van der Waals surface area contributed by atoms with E-state index in [1.165, 1.54) is 6.92 Å². The molecule has 3 N–H and O–H groups in total. The summed E-state index contributed by atoms with van der Waals surface area (Å²) in [5, 5.41) is 9.07. The molecule has 0 bridgehead atoms. The van der Waals surface area contributed by atoms with Gasteiger partial charge in [-0.05, 0) is 20.8 Å². The van der Waals surface area contributed by atoms with Crippen molar-refractivity contribution in [3.63, 3.8) is 0 Å². The van der Waals surface area contributed by atoms with E-state index in [1.54, 1.807) is 12.2 Å². The molecule has 1 saturated heterocycles. The first-order valence-corrected chi connectivity index (χ1v) is 5.90. The van der Waals surface area contributed by atoms with E-state index in [1.807, 2.05) is 13.8 Å². The summed E-state index contributed by atoms with van der Waals surface area (Å²) in [5.41, 5.74) is 4.29. The first-order valence-electron chi connectivity index (χ1n) is 5.90. The van der Waals surface area contributed by atoms with Crippen LogP contribution in [-0.2, 0) is 19.0 Å². The van der Waals surface area contributed by atoms with E-state index < -0.39 is 23.4 Å². The van der Waals surface area contributed by atoms with Crippen LogP contribution in [0.25, 0.3) is 0 Å². The summed E-state index contributed by atoms with van der Waals surface area (Å²) in [4.78, 5) is 11.1. The second kappa shape index (κ2) is 4.31. The van der Waals surface area contributed by atoms with Crippen LogP contribution < -0.4 is 5.73 Å². The number of nitrogens with two attached hydrogens (primary N) is 1. The number of carbonyl (C=O) groups is 1. The van der Waals surface area contributed by atoms with Crippen LogP contribution in [0.2, 0.25) is 0 Å². The Hall–Kier alpha value is -0.950. The maximum atomic E-state index is 11.1. The second-order valence-electron chi connectivity index (χ2n) is 5.36. The highest BCUT2D eigenvalue weighted by molar-refractivity contribution is 5.79. The molecule has 6 nitrogen and oxygen atoms in total. The van der Waals surface area contributed by atoms with Gasteiger partial charge in [-0.1, -0.05) is 12.2 Å². The lowest BCUT2D eigenvalue weighted by molar-refractivity contribution is -0.307. The minimum atomic E-state index is -1.46. The summed E-state index contributed by atoms with van der Waals surface area (Å²) < 4.78 is 16.8. The molecule has 2 rings (SSSR count). The molecule has 4 atom stereocenters. The molecule has 6 heteroatoms. The summed E-state index contributed by atoms with van der Waals surface area (Å²) in [5.74, 6) is -1.76. The quantitative estimate of drug-likeness (QED) is 0.690. The van der Waals surface area contributed by atoms with Gasteiger partial charge in [-0.25, -0.2) is 0 Å². The van der Waals surface area contributed by atoms with Gasteiger partial charge in [-0.15, -0.1) is 0 Å². The third-order valence-corrected chi connectivity index (χ3v) is 3.23. The van der Waals surface area contributed by atoms with E-state index in [-0.39, 0.29) is 12.2 Å². The summed E-state index contributed by atoms with van der Waals surface area (Å²) >= 11 is 0. The maximum absolute atomic E-state index is 11.1. The number of ether oxygens (including phenoxy) is 3. The van der Waals surface area contributed by atoms with E-state index in [0.717, 1.165) is 0 Å². The molecular weight excluding hydrogens is 238 g/mol. The predicted molar refractivity (Wildman–Crippen MR) is 62.9 cm³/mol. The number of carboxylic acid groups (broad SMARTS) is 1. The molecule has 102 valence electrons. The second-order valence-corrected chi connectivity index (χ2v) is 5.36. The van der Waals surface area contributed by atoms with Crippen molar-refractivity contribution in [2.24, 2.45) is 5.73 Å². The fraction of sp³-hybridized carbons (Fsp3) is 0.750. The lowest BCUT2D eigenvalue weighted by atomic mass is 9.92. The molecule has 0 radical (unpaired) electrons. The Morgan fingerprint density at radius 2 is 2.17 bits per heavy atom. The molecule has 0 aromatic rings. The van der Waals surface area contributed by atoms with Gasteiger partial charge in [0, 0.05) is 0 Å². The molecule has 2 heterocycles. The Labute approximate surface area is 106 Å². The zero-order valence-corrected chi connectivity index (χ0v) is 10.8. The zero-order valence-electron chi connectivity index (χ0n) is 10.8. The topological polar surface area (TPSA) is 91.0 Å². The molecule has 18 heavy (non-hydrogen) atoms. The Morgan fingerprint density at radius 3 is 2.78 bits per heavy atom. The first-order chi connectivity index (χ1) is 8.22. The molecular formula is C12H19NO5. The Balaban J connectivity index is 2.13. The molecule has 2 aliphatic rings. The maximum Gasteiger partial charge on any atom is 0.326 e. The average molecular weight is 257 g/mol. The minimum absolute atomic E-state index is 0.227. The normalized spacial score (nSPS) is 37.7. The molecule has 0 amide bonds. The average Bonchev–Trinajstić information content (AvgIpc) is 2.26. The molecule has 0 aromatic carbocycles. The lowest BCUT2D eigenvalue weighted by Gasteiger charge is -2.44. The Kier molecular flexibility index (Phi) is 3.23. The number of rotatable bonds is 2. The zero-order chi connectivity index (χ0) is 13.6. The molecule has 0 aliphatic carbocycles. The number of fused-ring (bicyclic) bond motifs is 1. The highest BCUT2D eigenvalue weighted by Crippen LogP contribution is 2.30. The minimum Gasteiger partial charge on any atom is -0.480 e. The molecule has 0 spiro atoms. The Bertz CT molecular complexity index is 377. The standard InChI is InChI=1S/C12H19NO5/c1-11(2)16-6-8-7(18-11)4-5-9(17-8)12(3,13)10(14)15/h4-5,7-9H,6,13H2,1-3H3,(H,14,15)/t7-,8+,9+,12?/m0/s1. The molecule has 2 aliphatic heterocycles. The summed E-state index contributed by atoms with van der Waals surface area (Å²) in [6.07, 6.45) is 2.21. The monoisotopic (exact) mass is 257 g/mol. The highest BCUT2D eigenvalue weighted by Gasteiger charge is 2.45. The van der Waals surface area contributed by atoms with Crippen molar-refractivity contribution in [2.45, 2.75) is 50.4 Å². The summed E-state index contributed by atoms with van der Waals surface area (Å²) in [6.45, 7) is 5.44. The third kappa shape index (κ3) is 2.42. The van der Waals surface area contributed by atoms with Crippen LogP contribution in [0, 0.1) is 0 Å². The van der Waals surface area contributed by atoms with Crippen LogP contribution >= 0.6 is 0 Å². The van der Waals surface area contributed by atoms with Crippen LogP contribution in [0.1, 0.15) is 20.8 Å². The Morgan fingerprint density at radius 1 is 1.50 bits per heavy atom. The van der Waals surface area contributed by atoms with Gasteiger partial charge in [0.05, 0.1) is 6.61 Å². The van der Waals surface area contributed by atoms with Crippen LogP contribution in [-0.4, -0.2) is 47.3 Å². The van der Waals surface area contributed by atoms with E-state index >= 15 is 0 Å². The fourth-order valence-corrected chi connectivity index (χ4v) is 2.00. The lowest BCUT2D eigenvalue weighted by Crippen LogP contribution is -2.60. The number of carboxylic acids is 1. The highest BCUT2D eigenvalue weighted by atomic mass is 16.7. The van der Waals surface area contributed by atoms with Gasteiger partial charge in [0.2, 0.25) is 0 Å². The van der Waals surface area contributed by atoms with Crippen molar-refractivity contribution in [1.29, 1.82) is 0 Å². The van der Waals surface area contributed by atoms with Crippen LogP contribution in [0.4, 0.5) is 0 Å². The van der Waals surface area contributed by atoms with E-state index in [4.69, 9.17) is 25.1 Å². The van der Waals surface area contributed by atoms with Gasteiger partial charge < -0.3 is 25.1 Å². The van der Waals surface area contributed by atoms with Crippen LogP contribution in [0.5, 0.6) is 0 Å². The van der Waals surface area contributed by atoms with Crippen molar-refractivity contribution in [2.75, 3.05) is 6.61 Å². The van der Waals surface area contributed by atoms with E-state index in [0.29, 0.717) is 6.61 Å². The van der Waals surface area contributed by atoms with Crippen molar-refractivity contribution in [1.82, 2.24) is 0 Å². The van der Waals surface area contributed by atoms with Gasteiger partial charge in [0.25, 0.3) is 0 Å². The van der Waals surface area contributed by atoms with E-state index in [2.05, 4.69) is 0 Å². The smallest absolute Gasteiger partial charge is 0.326 e. The van der Waals surface area contributed by atoms with Crippen molar-refractivity contribution < 1.29 is 24.1 Å². The summed E-state index contributed by atoms with van der Waals surface area (Å²) in [7, 11) is 0. The number of hydrogen-bond acceptors (Lipinski definition) is 5. The number of aliphatic carboxylic acids is 1. The molecule has 1 fully saturated rings. The molecule has 0 aromatic heterocycles. The third-order valence-electron chi connectivity index (χ3n) is 3.23. The van der Waals surface area contributed by atoms with Gasteiger partial charge in [-0.3, -0.25) is 4.79 Å². The van der Waals surface area contributed by atoms with Gasteiger partial charge in [0.15, 0.2) is 5.79 Å². The largest absolute Gasteiger partial charge is 0.480 e. The molecule has 1 unspecified atom stereocenters. The van der Waals surface area contributed by atoms with Crippen LogP contribution in [0.15, 0.2) is 12.2 Å². The predicted octanol–water partition coefficient (Wildman–Crippen LogP) is 0.264. The van der Waals surface area contributed by atoms with Gasteiger partial charge in [-0.2, -0.15) is 0 Å². The van der Waals surface area contributed by atoms with Crippen molar-refractivity contribution >= 4 is 5.97 Å². The number of hydrogen-bond donors (Lipinski definition) is 2. The summed E-state index contributed by atoms with van der Waals surface area (Å²) in [6, 6.07) is 0. The molecule has 0 saturated carbocycles. The fourth-order valence-electron chi connectivity index (χ4n) is 2.00. The van der Waals surface area contributed by atoms with Gasteiger partial charge in [0.1, 0.15) is 23.9 Å². The van der Waals surface area contributed by atoms with E-state index in [9.17, 15) is 4.79 Å². The van der Waals surface area contributed by atoms with Crippen molar-refractivity contribution in [3.8, 4) is 0 Å². The SMILES string of the molecule is CC1(C)OC[C@H]2O[C@@H](C(C)(N)C(=O)O)C=C[C@@H]2O1. The first kappa shape index (κ1) is 13.5. The van der Waals surface area contributed by atoms with Crippen LogP contribution in [0.3, 0.4) is 0 Å². The van der Waals surface area contributed by atoms with Gasteiger partial charge >= 0.3 is 5.97 Å².